The van der Waals surface area contributed by atoms with Gasteiger partial charge in [0.05, 0.1) is 17.0 Å². The van der Waals surface area contributed by atoms with Crippen LogP contribution < -0.4 is 9.62 Å². The predicted molar refractivity (Wildman–Crippen MR) is 131 cm³/mol. The van der Waals surface area contributed by atoms with E-state index in [-0.39, 0.29) is 17.9 Å². The molecule has 0 saturated carbocycles. The normalized spacial score (nSPS) is 19.3. The minimum Gasteiger partial charge on any atom is -0.370 e. The van der Waals surface area contributed by atoms with E-state index in [1.165, 1.54) is 12.3 Å². The predicted octanol–water partition coefficient (Wildman–Crippen LogP) is 3.19. The van der Waals surface area contributed by atoms with E-state index in [0.717, 1.165) is 22.2 Å². The molecule has 1 aromatic carbocycles. The van der Waals surface area contributed by atoms with Crippen LogP contribution in [0, 0.1) is 0 Å². The highest BCUT2D eigenvalue weighted by Gasteiger charge is 2.27. The summed E-state index contributed by atoms with van der Waals surface area (Å²) in [6, 6.07) is 7.32. The molecule has 12 heteroatoms. The van der Waals surface area contributed by atoms with Gasteiger partial charge >= 0.3 is 6.03 Å². The van der Waals surface area contributed by atoms with Crippen molar-refractivity contribution in [1.29, 1.82) is 0 Å². The average Bonchev–Trinajstić information content (AvgIpc) is 3.26. The van der Waals surface area contributed by atoms with Crippen molar-refractivity contribution in [2.24, 2.45) is 0 Å². The Morgan fingerprint density at radius 3 is 2.47 bits per heavy atom. The number of hydrogen-bond acceptors (Lipinski definition) is 6. The van der Waals surface area contributed by atoms with Gasteiger partial charge in [0.2, 0.25) is 10.0 Å². The van der Waals surface area contributed by atoms with E-state index in [0.29, 0.717) is 57.1 Å². The Kier molecular flexibility index (Phi) is 7.34. The van der Waals surface area contributed by atoms with Gasteiger partial charge in [0.25, 0.3) is 0 Å². The fourth-order valence-corrected chi connectivity index (χ4v) is 5.18. The number of anilines is 2. The summed E-state index contributed by atoms with van der Waals surface area (Å²) in [5.74, 6) is 0.109. The van der Waals surface area contributed by atoms with E-state index in [1.54, 1.807) is 4.90 Å². The van der Waals surface area contributed by atoms with Crippen molar-refractivity contribution in [1.82, 2.24) is 19.6 Å². The molecule has 1 atom stereocenters. The Morgan fingerprint density at radius 2 is 1.82 bits per heavy atom. The van der Waals surface area contributed by atoms with Gasteiger partial charge in [0.1, 0.15) is 6.17 Å². The molecule has 2 aliphatic rings. The Labute approximate surface area is 204 Å². The summed E-state index contributed by atoms with van der Waals surface area (Å²) in [5, 5.41) is 4.69. The lowest BCUT2D eigenvalue weighted by Crippen LogP contribution is -2.50. The molecule has 0 bridgehead atoms. The zero-order chi connectivity index (χ0) is 24.5. The third-order valence-electron chi connectivity index (χ3n) is 6.43. The molecule has 1 amide bonds. The lowest BCUT2D eigenvalue weighted by Gasteiger charge is -2.38. The monoisotopic (exact) mass is 512 g/mol. The lowest BCUT2D eigenvalue weighted by molar-refractivity contribution is 0.113. The fraction of sp³-hybridized carbons (Fsp3) is 0.545. The molecular formula is C22H30ClFN6O3S. The van der Waals surface area contributed by atoms with Gasteiger partial charge < -0.3 is 9.80 Å². The average molecular weight is 513 g/mol. The minimum atomic E-state index is -3.46. The smallest absolute Gasteiger partial charge is 0.344 e. The van der Waals surface area contributed by atoms with E-state index < -0.39 is 16.2 Å². The summed E-state index contributed by atoms with van der Waals surface area (Å²) >= 11 is 6.47. The molecule has 1 aromatic heterocycles. The van der Waals surface area contributed by atoms with Crippen molar-refractivity contribution < 1.29 is 17.6 Å². The largest absolute Gasteiger partial charge is 0.370 e. The second-order valence-electron chi connectivity index (χ2n) is 8.87. The third kappa shape index (κ3) is 5.81. The standard InChI is InChI=1S/C22H30ClFN6O3S/c1-16(17-3-4-19(23)20(15-17)28-8-5-18(24)6-9-28)27-11-13-29(14-12-27)22(31)30-10-7-21(25-30)26-34(2,32)33/h3-4,7,10,15-16,18H,5-6,8-9,11-14H2,1-2H3,(H,25,26)/t16-/m0/s1. The number of alkyl halides is 1. The van der Waals surface area contributed by atoms with Crippen molar-refractivity contribution >= 4 is 39.2 Å². The first-order valence-corrected chi connectivity index (χ1v) is 13.6. The first kappa shape index (κ1) is 24.7. The van der Waals surface area contributed by atoms with E-state index in [1.807, 2.05) is 12.1 Å². The van der Waals surface area contributed by atoms with Gasteiger partial charge in [-0.15, -0.1) is 5.10 Å². The maximum atomic E-state index is 13.6. The van der Waals surface area contributed by atoms with Crippen LogP contribution in [0.5, 0.6) is 0 Å². The van der Waals surface area contributed by atoms with E-state index in [4.69, 9.17) is 11.6 Å². The second kappa shape index (κ2) is 10.1. The molecule has 2 aliphatic heterocycles. The van der Waals surface area contributed by atoms with Crippen LogP contribution in [0.1, 0.15) is 31.4 Å². The topological polar surface area (TPSA) is 90.8 Å². The molecule has 186 valence electrons. The van der Waals surface area contributed by atoms with Crippen LogP contribution >= 0.6 is 11.6 Å². The SMILES string of the molecule is C[C@@H](c1ccc(Cl)c(N2CCC(F)CC2)c1)N1CCN(C(=O)n2ccc(NS(C)(=O)=O)n2)CC1. The molecule has 9 nitrogen and oxygen atoms in total. The van der Waals surface area contributed by atoms with Crippen LogP contribution in [0.2, 0.25) is 5.02 Å². The van der Waals surface area contributed by atoms with Crippen LogP contribution in [0.25, 0.3) is 0 Å². The summed E-state index contributed by atoms with van der Waals surface area (Å²) in [4.78, 5) is 19.0. The third-order valence-corrected chi connectivity index (χ3v) is 7.32. The van der Waals surface area contributed by atoms with Gasteiger partial charge in [-0.3, -0.25) is 9.62 Å². The van der Waals surface area contributed by atoms with Crippen molar-refractivity contribution in [3.63, 3.8) is 0 Å². The van der Waals surface area contributed by atoms with Crippen molar-refractivity contribution in [3.8, 4) is 0 Å². The Morgan fingerprint density at radius 1 is 1.15 bits per heavy atom. The number of rotatable bonds is 5. The highest BCUT2D eigenvalue weighted by atomic mass is 35.5. The summed E-state index contributed by atoms with van der Waals surface area (Å²) in [6.07, 6.45) is 2.79. The van der Waals surface area contributed by atoms with Gasteiger partial charge in [-0.1, -0.05) is 17.7 Å². The number of halogens is 2. The number of hydrogen-bond donors (Lipinski definition) is 1. The van der Waals surface area contributed by atoms with Crippen LogP contribution in [0.3, 0.4) is 0 Å². The van der Waals surface area contributed by atoms with E-state index in [9.17, 15) is 17.6 Å². The van der Waals surface area contributed by atoms with Gasteiger partial charge in [-0.25, -0.2) is 17.6 Å². The number of nitrogens with one attached hydrogen (secondary N) is 1. The van der Waals surface area contributed by atoms with Crippen molar-refractivity contribution in [3.05, 3.63) is 41.0 Å². The number of nitrogens with zero attached hydrogens (tertiary/aromatic N) is 5. The number of piperazine rings is 1. The van der Waals surface area contributed by atoms with Crippen molar-refractivity contribution in [2.45, 2.75) is 32.0 Å². The molecule has 0 radical (unpaired) electrons. The molecule has 1 N–H and O–H groups in total. The number of aromatic nitrogens is 2. The van der Waals surface area contributed by atoms with Crippen LogP contribution in [0.15, 0.2) is 30.5 Å². The Bertz CT molecular complexity index is 1130. The molecule has 2 fully saturated rings. The number of carbonyl (C=O) groups is 1. The molecule has 0 unspecified atom stereocenters. The van der Waals surface area contributed by atoms with Crippen molar-refractivity contribution in [2.75, 3.05) is 55.1 Å². The minimum absolute atomic E-state index is 0.109. The number of benzene rings is 1. The number of piperidine rings is 1. The Balaban J connectivity index is 1.37. The molecular weight excluding hydrogens is 483 g/mol. The summed E-state index contributed by atoms with van der Waals surface area (Å²) < 4.78 is 39.7. The fourth-order valence-electron chi connectivity index (χ4n) is 4.45. The molecule has 3 heterocycles. The van der Waals surface area contributed by atoms with Gasteiger partial charge in [-0.2, -0.15) is 4.68 Å². The van der Waals surface area contributed by atoms with Crippen LogP contribution in [-0.2, 0) is 10.0 Å². The molecule has 0 spiro atoms. The van der Waals surface area contributed by atoms with E-state index in [2.05, 4.69) is 32.6 Å². The zero-order valence-corrected chi connectivity index (χ0v) is 20.9. The first-order valence-electron chi connectivity index (χ1n) is 11.4. The van der Waals surface area contributed by atoms with E-state index >= 15 is 0 Å². The highest BCUT2D eigenvalue weighted by Crippen LogP contribution is 2.33. The lowest BCUT2D eigenvalue weighted by atomic mass is 10.0. The number of amides is 1. The maximum absolute atomic E-state index is 13.6. The molecule has 4 rings (SSSR count). The van der Waals surface area contributed by atoms with Gasteiger partial charge in [0, 0.05) is 57.6 Å². The zero-order valence-electron chi connectivity index (χ0n) is 19.3. The maximum Gasteiger partial charge on any atom is 0.344 e. The van der Waals surface area contributed by atoms with Gasteiger partial charge in [-0.05, 0) is 37.5 Å². The molecule has 2 aromatic rings. The van der Waals surface area contributed by atoms with Crippen LogP contribution in [-0.4, -0.2) is 85.7 Å². The number of sulfonamides is 1. The Hall–Kier alpha value is -2.37. The second-order valence-corrected chi connectivity index (χ2v) is 11.0. The summed E-state index contributed by atoms with van der Waals surface area (Å²) in [6.45, 7) is 5.89. The molecule has 2 saturated heterocycles. The summed E-state index contributed by atoms with van der Waals surface area (Å²) in [5.41, 5.74) is 2.08. The van der Waals surface area contributed by atoms with Crippen LogP contribution in [0.4, 0.5) is 20.7 Å². The number of carbonyl (C=O) groups excluding carboxylic acids is 1. The molecule has 0 aliphatic carbocycles. The van der Waals surface area contributed by atoms with Gasteiger partial charge in [0.15, 0.2) is 5.82 Å². The summed E-state index contributed by atoms with van der Waals surface area (Å²) in [7, 11) is -3.46. The molecule has 34 heavy (non-hydrogen) atoms. The highest BCUT2D eigenvalue weighted by molar-refractivity contribution is 7.92. The first-order chi connectivity index (χ1) is 16.1. The quantitative estimate of drug-likeness (QED) is 0.661.